The van der Waals surface area contributed by atoms with Crippen LogP contribution in [-0.4, -0.2) is 41.1 Å². The van der Waals surface area contributed by atoms with Crippen LogP contribution < -0.4 is 10.1 Å². The van der Waals surface area contributed by atoms with Crippen LogP contribution in [0.25, 0.3) is 0 Å². The summed E-state index contributed by atoms with van der Waals surface area (Å²) in [5, 5.41) is 15.1. The molecule has 0 aliphatic heterocycles. The molecule has 5 nitrogen and oxygen atoms in total. The topological polar surface area (TPSA) is 59.3 Å². The van der Waals surface area contributed by atoms with Crippen molar-refractivity contribution in [2.24, 2.45) is 7.05 Å². The number of halogens is 2. The van der Waals surface area contributed by atoms with Crippen LogP contribution in [0, 0.1) is 6.92 Å². The van der Waals surface area contributed by atoms with Gasteiger partial charge in [0.15, 0.2) is 0 Å². The molecule has 0 aliphatic carbocycles. The summed E-state index contributed by atoms with van der Waals surface area (Å²) >= 11 is 0. The number of aryl methyl sites for hydroxylation is 2. The van der Waals surface area contributed by atoms with E-state index in [1.165, 1.54) is 7.11 Å². The summed E-state index contributed by atoms with van der Waals surface area (Å²) < 4.78 is 32.2. The Morgan fingerprint density at radius 2 is 2.18 bits per heavy atom. The van der Waals surface area contributed by atoms with Gasteiger partial charge in [-0.3, -0.25) is 0 Å². The fraction of sp³-hybridized carbons (Fsp3) is 0.700. The summed E-state index contributed by atoms with van der Waals surface area (Å²) in [7, 11) is 3.22. The Labute approximate surface area is 98.4 Å². The lowest BCUT2D eigenvalue weighted by Gasteiger charge is -2.14. The standard InChI is InChI=1S/C10H17F2N3O2/c1-7-8(9(17-3)15(2)14-7)4-13-5-10(11,12)6-16/h13,16H,4-6H2,1-3H3. The van der Waals surface area contributed by atoms with Gasteiger partial charge in [0.2, 0.25) is 5.88 Å². The first kappa shape index (κ1) is 13.9. The van der Waals surface area contributed by atoms with E-state index in [0.717, 1.165) is 11.3 Å². The van der Waals surface area contributed by atoms with Gasteiger partial charge < -0.3 is 15.2 Å². The summed E-state index contributed by atoms with van der Waals surface area (Å²) in [6.07, 6.45) is 0. The van der Waals surface area contributed by atoms with E-state index in [9.17, 15) is 8.78 Å². The number of ether oxygens (including phenoxy) is 1. The van der Waals surface area contributed by atoms with Crippen molar-refractivity contribution in [1.82, 2.24) is 15.1 Å². The van der Waals surface area contributed by atoms with Crippen LogP contribution in [0.5, 0.6) is 5.88 Å². The third-order valence-corrected chi connectivity index (χ3v) is 2.40. The predicted molar refractivity (Wildman–Crippen MR) is 58.2 cm³/mol. The Balaban J connectivity index is 2.63. The van der Waals surface area contributed by atoms with Crippen LogP contribution in [0.15, 0.2) is 0 Å². The zero-order chi connectivity index (χ0) is 13.1. The molecule has 1 rings (SSSR count). The molecular formula is C10H17F2N3O2. The van der Waals surface area contributed by atoms with Crippen molar-refractivity contribution < 1.29 is 18.6 Å². The van der Waals surface area contributed by atoms with Crippen LogP contribution in [-0.2, 0) is 13.6 Å². The van der Waals surface area contributed by atoms with Gasteiger partial charge in [-0.05, 0) is 6.92 Å². The van der Waals surface area contributed by atoms with Crippen molar-refractivity contribution in [3.63, 3.8) is 0 Å². The molecule has 17 heavy (non-hydrogen) atoms. The average molecular weight is 249 g/mol. The fourth-order valence-corrected chi connectivity index (χ4v) is 1.57. The molecule has 0 bridgehead atoms. The van der Waals surface area contributed by atoms with Crippen LogP contribution in [0.3, 0.4) is 0 Å². The van der Waals surface area contributed by atoms with E-state index >= 15 is 0 Å². The summed E-state index contributed by atoms with van der Waals surface area (Å²) in [5.41, 5.74) is 1.47. The zero-order valence-electron chi connectivity index (χ0n) is 10.1. The molecule has 0 unspecified atom stereocenters. The summed E-state index contributed by atoms with van der Waals surface area (Å²) in [6.45, 7) is 0.256. The first-order chi connectivity index (χ1) is 7.91. The van der Waals surface area contributed by atoms with Gasteiger partial charge in [-0.1, -0.05) is 0 Å². The number of nitrogens with zero attached hydrogens (tertiary/aromatic N) is 2. The first-order valence-corrected chi connectivity index (χ1v) is 5.17. The molecule has 1 heterocycles. The smallest absolute Gasteiger partial charge is 0.282 e. The third-order valence-electron chi connectivity index (χ3n) is 2.40. The van der Waals surface area contributed by atoms with Gasteiger partial charge in [0.05, 0.1) is 24.9 Å². The molecule has 0 saturated heterocycles. The van der Waals surface area contributed by atoms with Crippen molar-refractivity contribution in [2.75, 3.05) is 20.3 Å². The molecule has 0 aliphatic rings. The van der Waals surface area contributed by atoms with Crippen molar-refractivity contribution in [2.45, 2.75) is 19.4 Å². The Bertz CT molecular complexity index is 380. The number of nitrogens with one attached hydrogen (secondary N) is 1. The second-order valence-electron chi connectivity index (χ2n) is 3.81. The molecule has 1 aromatic heterocycles. The Kier molecular flexibility index (Phi) is 4.41. The van der Waals surface area contributed by atoms with Gasteiger partial charge >= 0.3 is 0 Å². The van der Waals surface area contributed by atoms with E-state index in [1.54, 1.807) is 18.7 Å². The lowest BCUT2D eigenvalue weighted by Crippen LogP contribution is -2.35. The van der Waals surface area contributed by atoms with Crippen molar-refractivity contribution in [3.8, 4) is 5.88 Å². The molecule has 0 fully saturated rings. The monoisotopic (exact) mass is 249 g/mol. The second kappa shape index (κ2) is 5.42. The molecule has 2 N–H and O–H groups in total. The van der Waals surface area contributed by atoms with Gasteiger partial charge in [0.25, 0.3) is 5.92 Å². The first-order valence-electron chi connectivity index (χ1n) is 5.17. The molecule has 1 aromatic rings. The number of rotatable bonds is 6. The number of methoxy groups -OCH3 is 1. The van der Waals surface area contributed by atoms with Crippen molar-refractivity contribution in [3.05, 3.63) is 11.3 Å². The van der Waals surface area contributed by atoms with E-state index in [0.29, 0.717) is 5.88 Å². The normalized spacial score (nSPS) is 11.9. The SMILES string of the molecule is COc1c(CNCC(F)(F)CO)c(C)nn1C. The van der Waals surface area contributed by atoms with E-state index in [1.807, 2.05) is 0 Å². The number of aliphatic hydroxyl groups excluding tert-OH is 1. The van der Waals surface area contributed by atoms with E-state index in [4.69, 9.17) is 9.84 Å². The van der Waals surface area contributed by atoms with E-state index in [-0.39, 0.29) is 6.54 Å². The maximum absolute atomic E-state index is 12.8. The number of hydrogen-bond acceptors (Lipinski definition) is 4. The molecule has 0 spiro atoms. The van der Waals surface area contributed by atoms with Crippen LogP contribution in [0.2, 0.25) is 0 Å². The third kappa shape index (κ3) is 3.37. The Morgan fingerprint density at radius 3 is 2.71 bits per heavy atom. The van der Waals surface area contributed by atoms with Crippen molar-refractivity contribution in [1.29, 1.82) is 0 Å². The minimum absolute atomic E-state index is 0.221. The second-order valence-corrected chi connectivity index (χ2v) is 3.81. The minimum Gasteiger partial charge on any atom is -0.481 e. The van der Waals surface area contributed by atoms with E-state index in [2.05, 4.69) is 10.4 Å². The summed E-state index contributed by atoms with van der Waals surface area (Å²) in [5.74, 6) is -2.56. The highest BCUT2D eigenvalue weighted by atomic mass is 19.3. The molecule has 7 heteroatoms. The molecule has 98 valence electrons. The highest BCUT2D eigenvalue weighted by molar-refractivity contribution is 5.30. The molecule has 0 saturated carbocycles. The largest absolute Gasteiger partial charge is 0.481 e. The van der Waals surface area contributed by atoms with Gasteiger partial charge in [-0.2, -0.15) is 5.10 Å². The lowest BCUT2D eigenvalue weighted by molar-refractivity contribution is -0.0478. The molecule has 0 atom stereocenters. The fourth-order valence-electron chi connectivity index (χ4n) is 1.57. The summed E-state index contributed by atoms with van der Waals surface area (Å²) in [6, 6.07) is 0. The predicted octanol–water partition coefficient (Wildman–Crippen LogP) is 0.454. The molecular weight excluding hydrogens is 232 g/mol. The Morgan fingerprint density at radius 1 is 1.53 bits per heavy atom. The van der Waals surface area contributed by atoms with Gasteiger partial charge in [0.1, 0.15) is 6.61 Å². The van der Waals surface area contributed by atoms with Crippen LogP contribution in [0.1, 0.15) is 11.3 Å². The Hall–Kier alpha value is -1.21. The number of aliphatic hydroxyl groups is 1. The number of aromatic nitrogens is 2. The summed E-state index contributed by atoms with van der Waals surface area (Å²) in [4.78, 5) is 0. The highest BCUT2D eigenvalue weighted by Gasteiger charge is 2.27. The highest BCUT2D eigenvalue weighted by Crippen LogP contribution is 2.20. The van der Waals surface area contributed by atoms with Gasteiger partial charge in [-0.15, -0.1) is 0 Å². The zero-order valence-corrected chi connectivity index (χ0v) is 10.1. The quantitative estimate of drug-likeness (QED) is 0.768. The van der Waals surface area contributed by atoms with Gasteiger partial charge in [0, 0.05) is 13.6 Å². The van der Waals surface area contributed by atoms with Crippen molar-refractivity contribution >= 4 is 0 Å². The van der Waals surface area contributed by atoms with E-state index < -0.39 is 19.1 Å². The maximum Gasteiger partial charge on any atom is 0.282 e. The lowest BCUT2D eigenvalue weighted by atomic mass is 10.2. The van der Waals surface area contributed by atoms with Gasteiger partial charge in [-0.25, -0.2) is 13.5 Å². The molecule has 0 aromatic carbocycles. The van der Waals surface area contributed by atoms with Crippen LogP contribution in [0.4, 0.5) is 8.78 Å². The number of hydrogen-bond donors (Lipinski definition) is 2. The number of alkyl halides is 2. The maximum atomic E-state index is 12.8. The average Bonchev–Trinajstić information content (AvgIpc) is 2.53. The molecule has 0 radical (unpaired) electrons. The minimum atomic E-state index is -3.11. The van der Waals surface area contributed by atoms with Crippen LogP contribution >= 0.6 is 0 Å². The molecule has 0 amide bonds.